The van der Waals surface area contributed by atoms with Gasteiger partial charge in [-0.25, -0.2) is 9.97 Å². The van der Waals surface area contributed by atoms with Crippen LogP contribution in [-0.4, -0.2) is 36.1 Å². The number of nitrogens with zero attached hydrogens (tertiary/aromatic N) is 4. The van der Waals surface area contributed by atoms with Gasteiger partial charge in [0.15, 0.2) is 0 Å². The standard InChI is InChI=1S/C18H19N5O3/c1-22(2)18-20-15-9-6-12(23(24)25)10-14(15)17(21-18)16(19)11-4-7-13(26-3)8-5-11/h4-10,16H,19H2,1-3H3. The van der Waals surface area contributed by atoms with Crippen LogP contribution in [0, 0.1) is 10.1 Å². The van der Waals surface area contributed by atoms with Crippen molar-refractivity contribution < 1.29 is 9.66 Å². The summed E-state index contributed by atoms with van der Waals surface area (Å²) in [5.41, 5.74) is 8.38. The van der Waals surface area contributed by atoms with Gasteiger partial charge in [0.05, 0.1) is 29.3 Å². The highest BCUT2D eigenvalue weighted by atomic mass is 16.6. The van der Waals surface area contributed by atoms with Gasteiger partial charge < -0.3 is 15.4 Å². The van der Waals surface area contributed by atoms with Crippen LogP contribution < -0.4 is 15.4 Å². The Hall–Kier alpha value is -3.26. The molecule has 0 fully saturated rings. The van der Waals surface area contributed by atoms with Gasteiger partial charge >= 0.3 is 0 Å². The van der Waals surface area contributed by atoms with Crippen LogP contribution in [-0.2, 0) is 0 Å². The van der Waals surface area contributed by atoms with Crippen LogP contribution in [0.5, 0.6) is 5.75 Å². The number of benzene rings is 2. The normalized spacial score (nSPS) is 12.0. The van der Waals surface area contributed by atoms with Crippen LogP contribution >= 0.6 is 0 Å². The van der Waals surface area contributed by atoms with Crippen molar-refractivity contribution in [2.75, 3.05) is 26.1 Å². The number of nitro groups is 1. The van der Waals surface area contributed by atoms with E-state index in [1.165, 1.54) is 12.1 Å². The van der Waals surface area contributed by atoms with E-state index in [0.717, 1.165) is 11.3 Å². The van der Waals surface area contributed by atoms with Gasteiger partial charge in [-0.3, -0.25) is 10.1 Å². The molecular formula is C18H19N5O3. The first-order valence-electron chi connectivity index (χ1n) is 7.93. The van der Waals surface area contributed by atoms with E-state index in [-0.39, 0.29) is 5.69 Å². The number of nitro benzene ring substituents is 1. The number of fused-ring (bicyclic) bond motifs is 1. The van der Waals surface area contributed by atoms with Crippen LogP contribution in [0.1, 0.15) is 17.3 Å². The number of methoxy groups -OCH3 is 1. The molecule has 1 unspecified atom stereocenters. The third-order valence-electron chi connectivity index (χ3n) is 4.08. The van der Waals surface area contributed by atoms with Gasteiger partial charge in [-0.2, -0.15) is 0 Å². The average Bonchev–Trinajstić information content (AvgIpc) is 2.66. The summed E-state index contributed by atoms with van der Waals surface area (Å²) in [4.78, 5) is 21.5. The third kappa shape index (κ3) is 3.27. The van der Waals surface area contributed by atoms with E-state index in [1.807, 2.05) is 38.4 Å². The van der Waals surface area contributed by atoms with Crippen molar-refractivity contribution >= 4 is 22.5 Å². The second-order valence-electron chi connectivity index (χ2n) is 6.01. The molecular weight excluding hydrogens is 334 g/mol. The zero-order chi connectivity index (χ0) is 18.8. The van der Waals surface area contributed by atoms with Gasteiger partial charge in [0.1, 0.15) is 5.75 Å². The fourth-order valence-corrected chi connectivity index (χ4v) is 2.65. The number of ether oxygens (including phenoxy) is 1. The SMILES string of the molecule is COc1ccc(C(N)c2nc(N(C)C)nc3ccc([N+](=O)[O-])cc23)cc1. The molecule has 26 heavy (non-hydrogen) atoms. The third-order valence-corrected chi connectivity index (χ3v) is 4.08. The lowest BCUT2D eigenvalue weighted by Gasteiger charge is -2.18. The number of rotatable bonds is 5. The summed E-state index contributed by atoms with van der Waals surface area (Å²) in [6, 6.07) is 11.3. The second kappa shape index (κ2) is 6.93. The topological polar surface area (TPSA) is 107 Å². The summed E-state index contributed by atoms with van der Waals surface area (Å²) in [6.45, 7) is 0. The van der Waals surface area contributed by atoms with Crippen LogP contribution in [0.4, 0.5) is 11.6 Å². The summed E-state index contributed by atoms with van der Waals surface area (Å²) in [5.74, 6) is 1.21. The van der Waals surface area contributed by atoms with E-state index in [4.69, 9.17) is 10.5 Å². The number of non-ortho nitro benzene ring substituents is 1. The second-order valence-corrected chi connectivity index (χ2v) is 6.01. The summed E-state index contributed by atoms with van der Waals surface area (Å²) < 4.78 is 5.17. The Bertz CT molecular complexity index is 957. The molecule has 0 spiro atoms. The molecule has 0 radical (unpaired) electrons. The molecule has 8 heteroatoms. The molecule has 8 nitrogen and oxygen atoms in total. The lowest BCUT2D eigenvalue weighted by Crippen LogP contribution is -2.19. The molecule has 3 aromatic rings. The van der Waals surface area contributed by atoms with Crippen LogP contribution in [0.3, 0.4) is 0 Å². The number of hydrogen-bond donors (Lipinski definition) is 1. The average molecular weight is 353 g/mol. The van der Waals surface area contributed by atoms with E-state index in [2.05, 4.69) is 9.97 Å². The van der Waals surface area contributed by atoms with Crippen molar-refractivity contribution in [2.45, 2.75) is 6.04 Å². The minimum atomic E-state index is -0.563. The highest BCUT2D eigenvalue weighted by Gasteiger charge is 2.19. The van der Waals surface area contributed by atoms with Crippen molar-refractivity contribution in [3.63, 3.8) is 0 Å². The predicted molar refractivity (Wildman–Crippen MR) is 99.5 cm³/mol. The molecule has 0 saturated carbocycles. The molecule has 1 heterocycles. The molecule has 0 saturated heterocycles. The molecule has 134 valence electrons. The lowest BCUT2D eigenvalue weighted by molar-refractivity contribution is -0.384. The molecule has 1 aromatic heterocycles. The van der Waals surface area contributed by atoms with Crippen molar-refractivity contribution in [3.05, 3.63) is 63.8 Å². The van der Waals surface area contributed by atoms with Gasteiger partial charge in [-0.1, -0.05) is 12.1 Å². The van der Waals surface area contributed by atoms with Gasteiger partial charge in [0.2, 0.25) is 5.95 Å². The molecule has 0 bridgehead atoms. The number of aromatic nitrogens is 2. The van der Waals surface area contributed by atoms with Gasteiger partial charge in [0, 0.05) is 31.6 Å². The minimum Gasteiger partial charge on any atom is -0.497 e. The summed E-state index contributed by atoms with van der Waals surface area (Å²) in [5, 5.41) is 11.7. The largest absolute Gasteiger partial charge is 0.497 e. The van der Waals surface area contributed by atoms with Gasteiger partial charge in [-0.15, -0.1) is 0 Å². The fourth-order valence-electron chi connectivity index (χ4n) is 2.65. The fraction of sp³-hybridized carbons (Fsp3) is 0.222. The van der Waals surface area contributed by atoms with Gasteiger partial charge in [0.25, 0.3) is 5.69 Å². The molecule has 0 aliphatic carbocycles. The molecule has 3 rings (SSSR count). The molecule has 1 atom stereocenters. The van der Waals surface area contributed by atoms with Crippen LogP contribution in [0.15, 0.2) is 42.5 Å². The first-order chi connectivity index (χ1) is 12.4. The summed E-state index contributed by atoms with van der Waals surface area (Å²) in [6.07, 6.45) is 0. The number of anilines is 1. The maximum atomic E-state index is 11.2. The predicted octanol–water partition coefficient (Wildman–Crippen LogP) is 2.66. The summed E-state index contributed by atoms with van der Waals surface area (Å²) in [7, 11) is 5.25. The Morgan fingerprint density at radius 3 is 2.42 bits per heavy atom. The molecule has 0 aliphatic heterocycles. The quantitative estimate of drug-likeness (QED) is 0.555. The Morgan fingerprint density at radius 1 is 1.15 bits per heavy atom. The van der Waals surface area contributed by atoms with Crippen molar-refractivity contribution in [1.29, 1.82) is 0 Å². The first kappa shape index (κ1) is 17.6. The molecule has 2 aromatic carbocycles. The Kier molecular flexibility index (Phi) is 4.68. The highest BCUT2D eigenvalue weighted by molar-refractivity contribution is 5.85. The van der Waals surface area contributed by atoms with E-state index in [9.17, 15) is 10.1 Å². The van der Waals surface area contributed by atoms with Crippen LogP contribution in [0.2, 0.25) is 0 Å². The molecule has 0 aliphatic rings. The van der Waals surface area contributed by atoms with Crippen molar-refractivity contribution in [1.82, 2.24) is 9.97 Å². The maximum absolute atomic E-state index is 11.2. The number of hydrogen-bond acceptors (Lipinski definition) is 7. The maximum Gasteiger partial charge on any atom is 0.270 e. The van der Waals surface area contributed by atoms with E-state index in [1.54, 1.807) is 18.1 Å². The minimum absolute atomic E-state index is 0.0260. The number of nitrogens with two attached hydrogens (primary N) is 1. The van der Waals surface area contributed by atoms with Crippen molar-refractivity contribution in [3.8, 4) is 5.75 Å². The Balaban J connectivity index is 2.19. The van der Waals surface area contributed by atoms with E-state index in [0.29, 0.717) is 22.5 Å². The smallest absolute Gasteiger partial charge is 0.270 e. The van der Waals surface area contributed by atoms with E-state index < -0.39 is 11.0 Å². The Morgan fingerprint density at radius 2 is 1.85 bits per heavy atom. The highest BCUT2D eigenvalue weighted by Crippen LogP contribution is 2.30. The van der Waals surface area contributed by atoms with Crippen molar-refractivity contribution in [2.24, 2.45) is 5.73 Å². The zero-order valence-corrected chi connectivity index (χ0v) is 14.7. The molecule has 0 amide bonds. The Labute approximate surface area is 150 Å². The molecule has 2 N–H and O–H groups in total. The van der Waals surface area contributed by atoms with Gasteiger partial charge in [-0.05, 0) is 23.8 Å². The lowest BCUT2D eigenvalue weighted by atomic mass is 10.0. The monoisotopic (exact) mass is 353 g/mol. The first-order valence-corrected chi connectivity index (χ1v) is 7.93. The van der Waals surface area contributed by atoms with E-state index >= 15 is 0 Å². The van der Waals surface area contributed by atoms with Crippen LogP contribution in [0.25, 0.3) is 10.9 Å². The zero-order valence-electron chi connectivity index (χ0n) is 14.7. The summed E-state index contributed by atoms with van der Waals surface area (Å²) >= 11 is 0.